The first-order chi connectivity index (χ1) is 11.1. The lowest BCUT2D eigenvalue weighted by Crippen LogP contribution is -2.43. The highest BCUT2D eigenvalue weighted by Crippen LogP contribution is 2.26. The van der Waals surface area contributed by atoms with E-state index in [9.17, 15) is 15.2 Å². The fraction of sp³-hybridized carbons (Fsp3) is 0.647. The minimum absolute atomic E-state index is 0.0636. The third-order valence-electron chi connectivity index (χ3n) is 4.44. The molecule has 23 heavy (non-hydrogen) atoms. The summed E-state index contributed by atoms with van der Waals surface area (Å²) < 4.78 is 5.47. The lowest BCUT2D eigenvalue weighted by molar-refractivity contribution is -0.385. The normalized spacial score (nSPS) is 17.2. The Morgan fingerprint density at radius 2 is 2.04 bits per heavy atom. The first kappa shape index (κ1) is 17.7. The first-order valence-electron chi connectivity index (χ1n) is 8.40. The molecule has 1 saturated carbocycles. The molecule has 0 saturated heterocycles. The Balaban J connectivity index is 1.86. The quantitative estimate of drug-likeness (QED) is 0.588. The molecule has 0 amide bonds. The number of aliphatic hydroxyl groups is 1. The molecule has 0 aliphatic heterocycles. The molecule has 1 aromatic rings. The smallest absolute Gasteiger partial charge is 0.310 e. The molecule has 1 aliphatic rings. The van der Waals surface area contributed by atoms with Crippen LogP contribution in [0.4, 0.5) is 5.69 Å². The number of hydrogen-bond acceptors (Lipinski definition) is 5. The minimum atomic E-state index is -0.656. The van der Waals surface area contributed by atoms with E-state index in [-0.39, 0.29) is 18.0 Å². The van der Waals surface area contributed by atoms with Crippen LogP contribution in [-0.2, 0) is 0 Å². The number of para-hydroxylation sites is 2. The Morgan fingerprint density at radius 1 is 1.35 bits per heavy atom. The molecule has 1 fully saturated rings. The van der Waals surface area contributed by atoms with Crippen LogP contribution in [0.2, 0.25) is 0 Å². The Kier molecular flexibility index (Phi) is 6.80. The number of hydrogen-bond donors (Lipinski definition) is 1. The van der Waals surface area contributed by atoms with E-state index in [2.05, 4.69) is 11.8 Å². The van der Waals surface area contributed by atoms with E-state index >= 15 is 0 Å². The summed E-state index contributed by atoms with van der Waals surface area (Å²) in [4.78, 5) is 12.8. The maximum Gasteiger partial charge on any atom is 0.310 e. The van der Waals surface area contributed by atoms with Gasteiger partial charge in [0.1, 0.15) is 12.7 Å². The van der Waals surface area contributed by atoms with Gasteiger partial charge in [-0.3, -0.25) is 15.0 Å². The molecule has 0 heterocycles. The van der Waals surface area contributed by atoms with Crippen molar-refractivity contribution in [3.05, 3.63) is 34.4 Å². The predicted octanol–water partition coefficient (Wildman–Crippen LogP) is 2.99. The monoisotopic (exact) mass is 322 g/mol. The van der Waals surface area contributed by atoms with Crippen molar-refractivity contribution < 1.29 is 14.8 Å². The summed E-state index contributed by atoms with van der Waals surface area (Å²) in [6.45, 7) is 3.60. The fourth-order valence-electron chi connectivity index (χ4n) is 3.22. The van der Waals surface area contributed by atoms with Crippen LogP contribution < -0.4 is 4.74 Å². The second-order valence-corrected chi connectivity index (χ2v) is 6.07. The van der Waals surface area contributed by atoms with E-state index in [1.54, 1.807) is 18.2 Å². The SMILES string of the molecule is CCN(C[C@H](O)COc1ccccc1[N+](=O)[O-])C1CCCCC1. The zero-order valence-corrected chi connectivity index (χ0v) is 13.7. The highest BCUT2D eigenvalue weighted by molar-refractivity contribution is 5.45. The summed E-state index contributed by atoms with van der Waals surface area (Å²) in [5.74, 6) is 0.206. The van der Waals surface area contributed by atoms with Crippen molar-refractivity contribution in [2.75, 3.05) is 19.7 Å². The van der Waals surface area contributed by atoms with Crippen LogP contribution in [0.15, 0.2) is 24.3 Å². The van der Waals surface area contributed by atoms with Gasteiger partial charge in [-0.1, -0.05) is 38.3 Å². The van der Waals surface area contributed by atoms with Crippen LogP contribution >= 0.6 is 0 Å². The van der Waals surface area contributed by atoms with Crippen molar-refractivity contribution in [3.63, 3.8) is 0 Å². The Labute approximate surface area is 137 Å². The van der Waals surface area contributed by atoms with Crippen molar-refractivity contribution >= 4 is 5.69 Å². The number of rotatable bonds is 8. The van der Waals surface area contributed by atoms with E-state index in [0.717, 1.165) is 6.54 Å². The molecule has 1 N–H and O–H groups in total. The summed E-state index contributed by atoms with van der Waals surface area (Å²) in [6.07, 6.45) is 5.53. The predicted molar refractivity (Wildman–Crippen MR) is 88.7 cm³/mol. The van der Waals surface area contributed by atoms with Crippen molar-refractivity contribution in [2.45, 2.75) is 51.2 Å². The lowest BCUT2D eigenvalue weighted by atomic mass is 9.94. The van der Waals surface area contributed by atoms with Crippen molar-refractivity contribution in [1.82, 2.24) is 4.90 Å². The number of benzene rings is 1. The molecule has 0 radical (unpaired) electrons. The molecule has 128 valence electrons. The second kappa shape index (κ2) is 8.84. The lowest BCUT2D eigenvalue weighted by Gasteiger charge is -2.34. The maximum absolute atomic E-state index is 11.0. The van der Waals surface area contributed by atoms with Gasteiger partial charge in [0.05, 0.1) is 4.92 Å². The van der Waals surface area contributed by atoms with Crippen LogP contribution in [-0.4, -0.2) is 46.8 Å². The average Bonchev–Trinajstić information content (AvgIpc) is 2.58. The molecule has 1 aliphatic carbocycles. The van der Waals surface area contributed by atoms with Crippen LogP contribution in [0.3, 0.4) is 0 Å². The topological polar surface area (TPSA) is 75.8 Å². The van der Waals surface area contributed by atoms with Crippen molar-refractivity contribution in [3.8, 4) is 5.75 Å². The molecule has 1 aromatic carbocycles. The van der Waals surface area contributed by atoms with Gasteiger partial charge in [0.25, 0.3) is 0 Å². The Bertz CT molecular complexity index is 503. The summed E-state index contributed by atoms with van der Waals surface area (Å²) in [7, 11) is 0. The van der Waals surface area contributed by atoms with Crippen LogP contribution in [0, 0.1) is 10.1 Å². The Morgan fingerprint density at radius 3 is 2.70 bits per heavy atom. The van der Waals surface area contributed by atoms with E-state index in [0.29, 0.717) is 12.6 Å². The molecule has 0 bridgehead atoms. The van der Waals surface area contributed by atoms with E-state index in [1.807, 2.05) is 0 Å². The molecule has 2 rings (SSSR count). The highest BCUT2D eigenvalue weighted by Gasteiger charge is 2.22. The molecular weight excluding hydrogens is 296 g/mol. The second-order valence-electron chi connectivity index (χ2n) is 6.07. The fourth-order valence-corrected chi connectivity index (χ4v) is 3.22. The standard InChI is InChI=1S/C17H26N2O4/c1-2-18(14-8-4-3-5-9-14)12-15(20)13-23-17-11-7-6-10-16(17)19(21)22/h6-7,10-11,14-15,20H,2-5,8-9,12-13H2,1H3/t15-/m0/s1. The van der Waals surface area contributed by atoms with Gasteiger partial charge in [0.2, 0.25) is 0 Å². The van der Waals surface area contributed by atoms with E-state index in [1.165, 1.54) is 38.2 Å². The van der Waals surface area contributed by atoms with Crippen molar-refractivity contribution in [1.29, 1.82) is 0 Å². The number of nitro benzene ring substituents is 1. The highest BCUT2D eigenvalue weighted by atomic mass is 16.6. The van der Waals surface area contributed by atoms with Crippen LogP contribution in [0.1, 0.15) is 39.0 Å². The van der Waals surface area contributed by atoms with Crippen LogP contribution in [0.25, 0.3) is 0 Å². The maximum atomic E-state index is 11.0. The Hall–Kier alpha value is -1.66. The molecule has 6 heteroatoms. The van der Waals surface area contributed by atoms with Gasteiger partial charge >= 0.3 is 5.69 Å². The number of aliphatic hydroxyl groups excluding tert-OH is 1. The van der Waals surface area contributed by atoms with E-state index < -0.39 is 11.0 Å². The zero-order chi connectivity index (χ0) is 16.7. The van der Waals surface area contributed by atoms with Gasteiger partial charge in [0, 0.05) is 18.7 Å². The molecular formula is C17H26N2O4. The summed E-state index contributed by atoms with van der Waals surface area (Å²) >= 11 is 0. The summed E-state index contributed by atoms with van der Waals surface area (Å²) in [5, 5.41) is 21.2. The van der Waals surface area contributed by atoms with Crippen molar-refractivity contribution in [2.24, 2.45) is 0 Å². The number of nitro groups is 1. The van der Waals surface area contributed by atoms with Gasteiger partial charge in [0.15, 0.2) is 5.75 Å². The zero-order valence-electron chi connectivity index (χ0n) is 13.7. The van der Waals surface area contributed by atoms with Gasteiger partial charge < -0.3 is 9.84 Å². The summed E-state index contributed by atoms with van der Waals surface area (Å²) in [5.41, 5.74) is -0.0701. The molecule has 0 aromatic heterocycles. The third-order valence-corrected chi connectivity index (χ3v) is 4.44. The average molecular weight is 322 g/mol. The molecule has 0 spiro atoms. The van der Waals surface area contributed by atoms with Crippen LogP contribution in [0.5, 0.6) is 5.75 Å². The van der Waals surface area contributed by atoms with E-state index in [4.69, 9.17) is 4.74 Å². The summed E-state index contributed by atoms with van der Waals surface area (Å²) in [6, 6.07) is 6.79. The third kappa shape index (κ3) is 5.18. The van der Waals surface area contributed by atoms with Gasteiger partial charge in [-0.05, 0) is 25.5 Å². The minimum Gasteiger partial charge on any atom is -0.484 e. The molecule has 6 nitrogen and oxygen atoms in total. The molecule has 0 unspecified atom stereocenters. The number of likely N-dealkylation sites (N-methyl/N-ethyl adjacent to an activating group) is 1. The number of nitrogens with zero attached hydrogens (tertiary/aromatic N) is 2. The van der Waals surface area contributed by atoms with Gasteiger partial charge in [-0.15, -0.1) is 0 Å². The van der Waals surface area contributed by atoms with Gasteiger partial charge in [-0.25, -0.2) is 0 Å². The van der Waals surface area contributed by atoms with Gasteiger partial charge in [-0.2, -0.15) is 0 Å². The largest absolute Gasteiger partial charge is 0.484 e. The first-order valence-corrected chi connectivity index (χ1v) is 8.40. The molecule has 1 atom stereocenters. The number of ether oxygens (including phenoxy) is 1.